The number of hydrogen-bond acceptors (Lipinski definition) is 16. The molecule has 0 bridgehead atoms. The second-order valence-electron chi connectivity index (χ2n) is 22.2. The Balaban J connectivity index is 0.000000480. The zero-order valence-electron chi connectivity index (χ0n) is 47.1. The second kappa shape index (κ2) is 31.5. The quantitative estimate of drug-likeness (QED) is 0.0729. The van der Waals surface area contributed by atoms with Gasteiger partial charge >= 0.3 is 47.8 Å². The third kappa shape index (κ3) is 23.7. The maximum Gasteiger partial charge on any atom is 0.344 e. The summed E-state index contributed by atoms with van der Waals surface area (Å²) in [4.78, 5) is 92.9. The van der Waals surface area contributed by atoms with Crippen LogP contribution in [0.15, 0.2) is 0 Å². The van der Waals surface area contributed by atoms with Crippen molar-refractivity contribution >= 4 is 47.8 Å². The van der Waals surface area contributed by atoms with Crippen LogP contribution in [0.3, 0.4) is 0 Å². The van der Waals surface area contributed by atoms with Crippen molar-refractivity contribution in [2.24, 2.45) is 22.7 Å². The molecular weight excluding hydrogens is 929 g/mol. The molecule has 4 saturated carbocycles. The predicted molar refractivity (Wildman–Crippen MR) is 272 cm³/mol. The van der Waals surface area contributed by atoms with E-state index in [4.69, 9.17) is 37.9 Å². The van der Waals surface area contributed by atoms with E-state index in [1.165, 1.54) is 0 Å². The van der Waals surface area contributed by atoms with Gasteiger partial charge in [0.2, 0.25) is 0 Å². The number of rotatable bonds is 22. The first kappa shape index (κ1) is 65.8. The van der Waals surface area contributed by atoms with E-state index in [0.29, 0.717) is 25.7 Å². The smallest absolute Gasteiger partial charge is 0.344 e. The molecule has 4 rings (SSSR count). The molecule has 2 unspecified atom stereocenters. The Morgan fingerprint density at radius 3 is 0.903 bits per heavy atom. The van der Waals surface area contributed by atoms with Crippen LogP contribution in [0.1, 0.15) is 238 Å². The number of ether oxygens (including phenoxy) is 8. The molecule has 0 amide bonds. The second-order valence-corrected chi connectivity index (χ2v) is 22.2. The maximum atomic E-state index is 11.8. The normalized spacial score (nSPS) is 18.9. The lowest BCUT2D eigenvalue weighted by atomic mass is 9.91. The molecule has 0 aliphatic heterocycles. The molecule has 0 aromatic rings. The highest BCUT2D eigenvalue weighted by molar-refractivity contribution is 5.81. The summed E-state index contributed by atoms with van der Waals surface area (Å²) in [5.74, 6) is -3.41. The minimum absolute atomic E-state index is 0.162. The largest absolute Gasteiger partial charge is 0.457 e. The molecule has 72 heavy (non-hydrogen) atoms. The van der Waals surface area contributed by atoms with Gasteiger partial charge in [-0.1, -0.05) is 55.4 Å². The van der Waals surface area contributed by atoms with E-state index in [1.54, 1.807) is 27.7 Å². The highest BCUT2D eigenvalue weighted by Crippen LogP contribution is 2.38. The summed E-state index contributed by atoms with van der Waals surface area (Å²) in [7, 11) is 0. The summed E-state index contributed by atoms with van der Waals surface area (Å²) >= 11 is 0. The van der Waals surface area contributed by atoms with E-state index in [9.17, 15) is 38.4 Å². The average molecular weight is 1030 g/mol. The highest BCUT2D eigenvalue weighted by Gasteiger charge is 2.39. The van der Waals surface area contributed by atoms with Gasteiger partial charge in [0, 0.05) is 0 Å². The van der Waals surface area contributed by atoms with Gasteiger partial charge in [-0.2, -0.15) is 0 Å². The van der Waals surface area contributed by atoms with E-state index in [0.717, 1.165) is 116 Å². The van der Waals surface area contributed by atoms with Crippen LogP contribution in [0, 0.1) is 22.7 Å². The van der Waals surface area contributed by atoms with Crippen LogP contribution in [-0.4, -0.2) is 96.6 Å². The summed E-state index contributed by atoms with van der Waals surface area (Å²) in [6.45, 7) is 25.3. The SMILES string of the molecule is CCC(C)(C)C(=O)OCC(=O)OC1(C)CCCC1.CCC(C)C(=O)OCC(=O)OC1(C)CCCC1.CCC(C)C(=O)OCC(=O)OC1(CC)CCCC1.CCC1(OC(=O)COC(=O)C(C)(C)CC)CCCC1. The average Bonchev–Trinajstić information content (AvgIpc) is 4.20. The van der Waals surface area contributed by atoms with Gasteiger partial charge in [0.1, 0.15) is 22.4 Å². The van der Waals surface area contributed by atoms with E-state index in [-0.39, 0.29) is 84.5 Å². The van der Waals surface area contributed by atoms with Crippen molar-refractivity contribution in [1.29, 1.82) is 0 Å². The molecule has 0 aromatic carbocycles. The summed E-state index contributed by atoms with van der Waals surface area (Å²) in [6.07, 6.45) is 20.5. The standard InChI is InChI=1S/C15H26O4.2C14H24O4.C13H22O4/c1-5-14(3,4)13(17)18-11-12(16)19-15(6-2)9-7-8-10-15;1-5-13(2,3)12(16)17-10-11(15)18-14(4)8-6-7-9-14;1-4-11(3)13(16)17-10-12(15)18-14(5-2)8-6-7-9-14;1-4-10(2)12(15)16-9-11(14)17-13(3)7-5-6-8-13/h5-11H2,1-4H3;5-10H2,1-4H3;11H,4-10H2,1-3H3;10H,4-9H2,1-3H3. The zero-order chi connectivity index (χ0) is 54.8. The minimum atomic E-state index is -0.546. The third-order valence-electron chi connectivity index (χ3n) is 15.2. The maximum absolute atomic E-state index is 11.8. The van der Waals surface area contributed by atoms with E-state index >= 15 is 0 Å². The molecule has 0 saturated heterocycles. The Kier molecular flexibility index (Phi) is 28.8. The van der Waals surface area contributed by atoms with Crippen LogP contribution < -0.4 is 0 Å². The first-order chi connectivity index (χ1) is 33.6. The van der Waals surface area contributed by atoms with Crippen LogP contribution in [0.2, 0.25) is 0 Å². The lowest BCUT2D eigenvalue weighted by molar-refractivity contribution is -0.173. The molecule has 4 aliphatic rings. The monoisotopic (exact) mass is 1020 g/mol. The van der Waals surface area contributed by atoms with Crippen molar-refractivity contribution in [3.05, 3.63) is 0 Å². The molecule has 4 aliphatic carbocycles. The zero-order valence-corrected chi connectivity index (χ0v) is 47.1. The predicted octanol–water partition coefficient (Wildman–Crippen LogP) is 11.4. The van der Waals surface area contributed by atoms with E-state index < -0.39 is 34.7 Å². The lowest BCUT2D eigenvalue weighted by Gasteiger charge is -2.28. The van der Waals surface area contributed by atoms with Crippen LogP contribution >= 0.6 is 0 Å². The van der Waals surface area contributed by atoms with Crippen molar-refractivity contribution < 1.29 is 76.3 Å². The number of carbonyl (C=O) groups excluding carboxylic acids is 8. The first-order valence-electron chi connectivity index (χ1n) is 27.2. The van der Waals surface area contributed by atoms with Gasteiger partial charge in [-0.05, 0) is 183 Å². The summed E-state index contributed by atoms with van der Waals surface area (Å²) in [6, 6.07) is 0. The molecule has 416 valence electrons. The van der Waals surface area contributed by atoms with E-state index in [2.05, 4.69) is 0 Å². The minimum Gasteiger partial charge on any atom is -0.457 e. The van der Waals surface area contributed by atoms with Gasteiger partial charge in [0.15, 0.2) is 26.4 Å². The van der Waals surface area contributed by atoms with Crippen molar-refractivity contribution in [3.63, 3.8) is 0 Å². The van der Waals surface area contributed by atoms with Crippen molar-refractivity contribution in [3.8, 4) is 0 Å². The van der Waals surface area contributed by atoms with Crippen molar-refractivity contribution in [2.75, 3.05) is 26.4 Å². The van der Waals surface area contributed by atoms with Crippen LogP contribution in [-0.2, 0) is 76.3 Å². The topological polar surface area (TPSA) is 210 Å². The number of carbonyl (C=O) groups is 8. The molecule has 0 spiro atoms. The number of hydrogen-bond donors (Lipinski definition) is 0. The molecule has 0 aromatic heterocycles. The third-order valence-corrected chi connectivity index (χ3v) is 15.2. The molecule has 0 radical (unpaired) electrons. The molecule has 0 heterocycles. The first-order valence-corrected chi connectivity index (χ1v) is 27.2. The van der Waals surface area contributed by atoms with Gasteiger partial charge in [0.05, 0.1) is 22.7 Å². The molecule has 2 atom stereocenters. The highest BCUT2D eigenvalue weighted by atomic mass is 16.6. The van der Waals surface area contributed by atoms with Gasteiger partial charge in [0.25, 0.3) is 0 Å². The Hall–Kier alpha value is -4.24. The fourth-order valence-electron chi connectivity index (χ4n) is 8.50. The van der Waals surface area contributed by atoms with Crippen LogP contribution in [0.25, 0.3) is 0 Å². The Morgan fingerprint density at radius 2 is 0.653 bits per heavy atom. The van der Waals surface area contributed by atoms with Gasteiger partial charge in [-0.15, -0.1) is 0 Å². The van der Waals surface area contributed by atoms with Crippen LogP contribution in [0.5, 0.6) is 0 Å². The van der Waals surface area contributed by atoms with Crippen molar-refractivity contribution in [1.82, 2.24) is 0 Å². The fourth-order valence-corrected chi connectivity index (χ4v) is 8.50. The molecule has 0 N–H and O–H groups in total. The van der Waals surface area contributed by atoms with Crippen LogP contribution in [0.4, 0.5) is 0 Å². The summed E-state index contributed by atoms with van der Waals surface area (Å²) in [5, 5.41) is 0. The lowest BCUT2D eigenvalue weighted by Crippen LogP contribution is -2.34. The molecular formula is C56H96O16. The molecule has 4 fully saturated rings. The Labute approximate surface area is 432 Å². The Morgan fingerprint density at radius 1 is 0.403 bits per heavy atom. The molecule has 16 heteroatoms. The Bertz CT molecular complexity index is 1710. The summed E-state index contributed by atoms with van der Waals surface area (Å²) < 4.78 is 41.6. The van der Waals surface area contributed by atoms with Crippen molar-refractivity contribution in [2.45, 2.75) is 261 Å². The van der Waals surface area contributed by atoms with E-state index in [1.807, 2.05) is 69.2 Å². The van der Waals surface area contributed by atoms with Gasteiger partial charge in [-0.25, -0.2) is 19.2 Å². The fraction of sp³-hybridized carbons (Fsp3) is 0.857. The van der Waals surface area contributed by atoms with Gasteiger partial charge < -0.3 is 37.9 Å². The molecule has 16 nitrogen and oxygen atoms in total. The number of esters is 8. The summed E-state index contributed by atoms with van der Waals surface area (Å²) in [5.41, 5.74) is -2.42. The van der Waals surface area contributed by atoms with Gasteiger partial charge in [-0.3, -0.25) is 19.2 Å².